The van der Waals surface area contributed by atoms with Crippen molar-refractivity contribution in [3.05, 3.63) is 58.6 Å². The van der Waals surface area contributed by atoms with Crippen LogP contribution in [0.2, 0.25) is 5.02 Å². The molecule has 0 atom stereocenters. The highest BCUT2D eigenvalue weighted by molar-refractivity contribution is 7.80. The second kappa shape index (κ2) is 7.25. The maximum Gasteiger partial charge on any atom is 0.202 e. The molecule has 0 amide bonds. The molecule has 5 heteroatoms. The lowest BCUT2D eigenvalue weighted by atomic mass is 9.93. The number of hydrogen-bond acceptors (Lipinski definition) is 2. The predicted octanol–water partition coefficient (Wildman–Crippen LogP) is 6.14. The summed E-state index contributed by atoms with van der Waals surface area (Å²) < 4.78 is 0. The van der Waals surface area contributed by atoms with Gasteiger partial charge in [-0.15, -0.1) is 0 Å². The second-order valence-corrected chi connectivity index (χ2v) is 8.13. The molecule has 0 bridgehead atoms. The number of aliphatic imine (C=N–C) groups is 1. The van der Waals surface area contributed by atoms with Gasteiger partial charge in [0.25, 0.3) is 0 Å². The average Bonchev–Trinajstić information content (AvgIpc) is 3.24. The van der Waals surface area contributed by atoms with Crippen molar-refractivity contribution in [2.45, 2.75) is 51.5 Å². The lowest BCUT2D eigenvalue weighted by Crippen LogP contribution is -2.52. The van der Waals surface area contributed by atoms with Crippen LogP contribution in [-0.2, 0) is 6.42 Å². The van der Waals surface area contributed by atoms with Gasteiger partial charge in [-0.2, -0.15) is 0 Å². The number of hydrogen-bond donors (Lipinski definition) is 1. The molecule has 1 spiro atoms. The molecular formula is C22H24ClN3S. The summed E-state index contributed by atoms with van der Waals surface area (Å²) in [4.78, 5) is 7.02. The normalized spacial score (nSPS) is 18.3. The van der Waals surface area contributed by atoms with Crippen LogP contribution in [0.25, 0.3) is 0 Å². The van der Waals surface area contributed by atoms with Gasteiger partial charge >= 0.3 is 0 Å². The number of aryl methyl sites for hydroxylation is 2. The Morgan fingerprint density at radius 3 is 2.59 bits per heavy atom. The Labute approximate surface area is 171 Å². The van der Waals surface area contributed by atoms with Gasteiger partial charge in [0, 0.05) is 5.69 Å². The summed E-state index contributed by atoms with van der Waals surface area (Å²) in [6.07, 6.45) is 5.36. The Bertz CT molecular complexity index is 916. The molecule has 1 heterocycles. The first kappa shape index (κ1) is 18.5. The molecule has 0 saturated heterocycles. The zero-order valence-corrected chi connectivity index (χ0v) is 17.3. The summed E-state index contributed by atoms with van der Waals surface area (Å²) >= 11 is 12.3. The summed E-state index contributed by atoms with van der Waals surface area (Å²) in [7, 11) is 0. The molecule has 2 aromatic carbocycles. The van der Waals surface area contributed by atoms with Crippen molar-refractivity contribution in [3.63, 3.8) is 0 Å². The van der Waals surface area contributed by atoms with Crippen molar-refractivity contribution in [2.24, 2.45) is 4.99 Å². The van der Waals surface area contributed by atoms with Gasteiger partial charge < -0.3 is 10.2 Å². The van der Waals surface area contributed by atoms with Crippen molar-refractivity contribution in [2.75, 3.05) is 10.2 Å². The molecule has 0 radical (unpaired) electrons. The van der Waals surface area contributed by atoms with E-state index in [1.807, 2.05) is 24.3 Å². The molecule has 0 aromatic heterocycles. The van der Waals surface area contributed by atoms with Gasteiger partial charge in [0.15, 0.2) is 0 Å². The average molecular weight is 398 g/mol. The molecular weight excluding hydrogens is 374 g/mol. The fourth-order valence-corrected chi connectivity index (χ4v) is 4.98. The minimum absolute atomic E-state index is 0.227. The smallest absolute Gasteiger partial charge is 0.202 e. The van der Waals surface area contributed by atoms with E-state index in [0.717, 1.165) is 36.5 Å². The standard InChI is InChI=1S/C22H24ClN3S/c1-3-16-10-8-9-15(2)19(16)24-20-22(13-6-7-14-22)26(21(27)25-20)18-12-5-4-11-17(18)23/h4-5,8-12H,3,6-7,13-14H2,1-2H3,(H,24,25,27). The minimum Gasteiger partial charge on any atom is -0.341 e. The van der Waals surface area contributed by atoms with Crippen LogP contribution < -0.4 is 10.2 Å². The van der Waals surface area contributed by atoms with E-state index in [9.17, 15) is 0 Å². The fourth-order valence-electron chi connectivity index (χ4n) is 4.39. The van der Waals surface area contributed by atoms with Gasteiger partial charge in [-0.3, -0.25) is 0 Å². The summed E-state index contributed by atoms with van der Waals surface area (Å²) in [6.45, 7) is 4.32. The quantitative estimate of drug-likeness (QED) is 0.630. The van der Waals surface area contributed by atoms with Crippen molar-refractivity contribution in [1.82, 2.24) is 0 Å². The van der Waals surface area contributed by atoms with Gasteiger partial charge in [-0.25, -0.2) is 4.99 Å². The highest BCUT2D eigenvalue weighted by Crippen LogP contribution is 2.45. The Balaban J connectivity index is 1.78. The molecule has 140 valence electrons. The van der Waals surface area contributed by atoms with E-state index in [0.29, 0.717) is 10.1 Å². The van der Waals surface area contributed by atoms with Crippen LogP contribution in [0.4, 0.5) is 11.4 Å². The van der Waals surface area contributed by atoms with Crippen LogP contribution in [-0.4, -0.2) is 16.5 Å². The Kier molecular flexibility index (Phi) is 4.95. The summed E-state index contributed by atoms with van der Waals surface area (Å²) in [5.41, 5.74) is 4.41. The van der Waals surface area contributed by atoms with Crippen LogP contribution in [0.5, 0.6) is 0 Å². The van der Waals surface area contributed by atoms with Crippen LogP contribution >= 0.6 is 23.8 Å². The maximum absolute atomic E-state index is 6.54. The van der Waals surface area contributed by atoms with Gasteiger partial charge in [-0.05, 0) is 61.7 Å². The fraction of sp³-hybridized carbons (Fsp3) is 0.364. The SMILES string of the molecule is CCc1cccc(C)c1NC1=NC(=S)N(c2ccccc2Cl)C12CCCC2. The van der Waals surface area contributed by atoms with Crippen LogP contribution in [0.15, 0.2) is 47.5 Å². The number of para-hydroxylation sites is 2. The van der Waals surface area contributed by atoms with Gasteiger partial charge in [0.05, 0.1) is 10.7 Å². The van der Waals surface area contributed by atoms with Crippen molar-refractivity contribution >= 4 is 46.1 Å². The third-order valence-electron chi connectivity index (χ3n) is 5.78. The Morgan fingerprint density at radius 2 is 1.89 bits per heavy atom. The number of anilines is 2. The van der Waals surface area contributed by atoms with Crippen LogP contribution in [0.3, 0.4) is 0 Å². The molecule has 2 aliphatic rings. The first-order chi connectivity index (χ1) is 13.1. The monoisotopic (exact) mass is 397 g/mol. The largest absolute Gasteiger partial charge is 0.341 e. The molecule has 27 heavy (non-hydrogen) atoms. The zero-order chi connectivity index (χ0) is 19.0. The van der Waals surface area contributed by atoms with E-state index in [-0.39, 0.29) is 5.54 Å². The first-order valence-corrected chi connectivity index (χ1v) is 10.4. The number of rotatable bonds is 3. The van der Waals surface area contributed by atoms with Crippen molar-refractivity contribution in [1.29, 1.82) is 0 Å². The maximum atomic E-state index is 6.54. The van der Waals surface area contributed by atoms with E-state index in [1.54, 1.807) is 0 Å². The number of nitrogens with one attached hydrogen (secondary N) is 1. The number of thiocarbonyl (C=S) groups is 1. The Hall–Kier alpha value is -1.91. The highest BCUT2D eigenvalue weighted by atomic mass is 35.5. The van der Waals surface area contributed by atoms with E-state index in [2.05, 4.69) is 42.3 Å². The number of nitrogens with zero attached hydrogens (tertiary/aromatic N) is 2. The summed E-state index contributed by atoms with van der Waals surface area (Å²) in [6, 6.07) is 14.4. The van der Waals surface area contributed by atoms with Crippen LogP contribution in [0, 0.1) is 6.92 Å². The van der Waals surface area contributed by atoms with Gasteiger partial charge in [0.2, 0.25) is 5.11 Å². The van der Waals surface area contributed by atoms with E-state index in [4.69, 9.17) is 28.8 Å². The van der Waals surface area contributed by atoms with E-state index < -0.39 is 0 Å². The van der Waals surface area contributed by atoms with Crippen molar-refractivity contribution in [3.8, 4) is 0 Å². The molecule has 0 unspecified atom stereocenters. The third-order valence-corrected chi connectivity index (χ3v) is 6.37. The zero-order valence-electron chi connectivity index (χ0n) is 15.8. The van der Waals surface area contributed by atoms with Crippen LogP contribution in [0.1, 0.15) is 43.7 Å². The predicted molar refractivity (Wildman–Crippen MR) is 119 cm³/mol. The van der Waals surface area contributed by atoms with E-state index in [1.165, 1.54) is 24.0 Å². The van der Waals surface area contributed by atoms with Gasteiger partial charge in [0.1, 0.15) is 11.4 Å². The molecule has 2 aromatic rings. The summed E-state index contributed by atoms with van der Waals surface area (Å²) in [5, 5.41) is 5.00. The second-order valence-electron chi connectivity index (χ2n) is 7.36. The summed E-state index contributed by atoms with van der Waals surface area (Å²) in [5.74, 6) is 0.967. The molecule has 1 fully saturated rings. The molecule has 3 nitrogen and oxygen atoms in total. The number of benzene rings is 2. The molecule has 1 aliphatic carbocycles. The lowest BCUT2D eigenvalue weighted by molar-refractivity contribution is 0.595. The highest BCUT2D eigenvalue weighted by Gasteiger charge is 2.51. The number of amidine groups is 1. The number of halogens is 1. The first-order valence-electron chi connectivity index (χ1n) is 9.60. The van der Waals surface area contributed by atoms with E-state index >= 15 is 0 Å². The van der Waals surface area contributed by atoms with Crippen molar-refractivity contribution < 1.29 is 0 Å². The Morgan fingerprint density at radius 1 is 1.15 bits per heavy atom. The minimum atomic E-state index is -0.227. The molecule has 4 rings (SSSR count). The molecule has 1 saturated carbocycles. The molecule has 1 aliphatic heterocycles. The molecule has 1 N–H and O–H groups in total. The topological polar surface area (TPSA) is 27.6 Å². The lowest BCUT2D eigenvalue weighted by Gasteiger charge is -2.37. The third kappa shape index (κ3) is 3.05. The van der Waals surface area contributed by atoms with Gasteiger partial charge in [-0.1, -0.05) is 61.7 Å².